The van der Waals surface area contributed by atoms with Crippen LogP contribution < -0.4 is 5.32 Å². The first-order valence-corrected chi connectivity index (χ1v) is 7.10. The fourth-order valence-electron chi connectivity index (χ4n) is 1.87. The van der Waals surface area contributed by atoms with E-state index >= 15 is 0 Å². The van der Waals surface area contributed by atoms with E-state index in [-0.39, 0.29) is 18.2 Å². The van der Waals surface area contributed by atoms with E-state index in [1.807, 2.05) is 13.8 Å². The molecule has 0 aliphatic heterocycles. The number of nitrogens with zero attached hydrogens (tertiary/aromatic N) is 1. The van der Waals surface area contributed by atoms with Crippen molar-refractivity contribution in [1.82, 2.24) is 4.90 Å². The molecule has 0 fully saturated rings. The summed E-state index contributed by atoms with van der Waals surface area (Å²) in [4.78, 5) is 24.8. The highest BCUT2D eigenvalue weighted by atomic mass is 19.4. The summed E-state index contributed by atoms with van der Waals surface area (Å²) in [6, 6.07) is 4.28. The minimum Gasteiger partial charge on any atom is -0.362 e. The second-order valence-corrected chi connectivity index (χ2v) is 4.69. The second-order valence-electron chi connectivity index (χ2n) is 4.69. The lowest BCUT2D eigenvalue weighted by Gasteiger charge is -2.18. The molecule has 0 heterocycles. The van der Waals surface area contributed by atoms with Gasteiger partial charge in [0.15, 0.2) is 0 Å². The number of carbonyl (C=O) groups excluding carboxylic acids is 2. The number of carbonyl (C=O) groups is 2. The summed E-state index contributed by atoms with van der Waals surface area (Å²) >= 11 is 0. The van der Waals surface area contributed by atoms with Crippen molar-refractivity contribution in [2.75, 3.05) is 31.6 Å². The summed E-state index contributed by atoms with van der Waals surface area (Å²) in [5.74, 6) is -0.876. The number of hydrogen-bond acceptors (Lipinski definition) is 3. The molecule has 1 rings (SSSR count). The minimum absolute atomic E-state index is 0.0171. The fraction of sp³-hybridized carbons (Fsp3) is 0.467. The van der Waals surface area contributed by atoms with Crippen molar-refractivity contribution in [1.29, 1.82) is 0 Å². The molecule has 0 aliphatic carbocycles. The number of amides is 2. The van der Waals surface area contributed by atoms with Gasteiger partial charge in [0.1, 0.15) is 13.2 Å². The van der Waals surface area contributed by atoms with Crippen molar-refractivity contribution in [2.24, 2.45) is 0 Å². The van der Waals surface area contributed by atoms with Crippen LogP contribution in [0.25, 0.3) is 0 Å². The lowest BCUT2D eigenvalue weighted by Crippen LogP contribution is -2.34. The molecular weight excluding hydrogens is 313 g/mol. The molecule has 0 aromatic heterocycles. The maximum atomic E-state index is 12.6. The Morgan fingerprint density at radius 2 is 1.83 bits per heavy atom. The van der Waals surface area contributed by atoms with E-state index in [0.29, 0.717) is 13.1 Å². The Labute approximate surface area is 132 Å². The van der Waals surface area contributed by atoms with Gasteiger partial charge in [0.2, 0.25) is 11.8 Å². The van der Waals surface area contributed by atoms with Crippen LogP contribution in [0.5, 0.6) is 0 Å². The summed E-state index contributed by atoms with van der Waals surface area (Å²) in [5.41, 5.74) is -0.837. The number of anilines is 1. The van der Waals surface area contributed by atoms with Crippen LogP contribution in [0.3, 0.4) is 0 Å². The Balaban J connectivity index is 2.47. The normalized spacial score (nSPS) is 11.2. The van der Waals surface area contributed by atoms with Gasteiger partial charge in [0, 0.05) is 18.8 Å². The average molecular weight is 332 g/mol. The molecule has 128 valence electrons. The van der Waals surface area contributed by atoms with Gasteiger partial charge in [0.05, 0.1) is 5.56 Å². The van der Waals surface area contributed by atoms with Gasteiger partial charge in [0.25, 0.3) is 0 Å². The predicted molar refractivity (Wildman–Crippen MR) is 78.8 cm³/mol. The zero-order chi connectivity index (χ0) is 17.5. The summed E-state index contributed by atoms with van der Waals surface area (Å²) in [5, 5.41) is 2.30. The Kier molecular flexibility index (Phi) is 7.02. The maximum absolute atomic E-state index is 12.6. The van der Waals surface area contributed by atoms with Gasteiger partial charge in [-0.25, -0.2) is 0 Å². The Hall–Kier alpha value is -2.09. The molecule has 0 unspecified atom stereocenters. The van der Waals surface area contributed by atoms with E-state index in [4.69, 9.17) is 4.74 Å². The van der Waals surface area contributed by atoms with E-state index in [1.54, 1.807) is 4.90 Å². The quantitative estimate of drug-likeness (QED) is 0.835. The van der Waals surface area contributed by atoms with E-state index in [9.17, 15) is 22.8 Å². The molecular formula is C15H19F3N2O3. The van der Waals surface area contributed by atoms with Crippen LogP contribution in [-0.4, -0.2) is 43.0 Å². The number of benzene rings is 1. The topological polar surface area (TPSA) is 58.6 Å². The van der Waals surface area contributed by atoms with E-state index in [1.165, 1.54) is 12.1 Å². The number of hydrogen-bond donors (Lipinski definition) is 1. The molecule has 0 atom stereocenters. The standard InChI is InChI=1S/C15H19F3N2O3/c1-3-20(4-2)14(22)10-23-9-13(21)19-12-7-5-6-11(8-12)15(16,17)18/h5-8H,3-4,9-10H2,1-2H3,(H,19,21). The van der Waals surface area contributed by atoms with Crippen LogP contribution in [0.2, 0.25) is 0 Å². The molecule has 0 aliphatic rings. The molecule has 1 N–H and O–H groups in total. The second kappa shape index (κ2) is 8.52. The first-order valence-electron chi connectivity index (χ1n) is 7.10. The highest BCUT2D eigenvalue weighted by Gasteiger charge is 2.30. The predicted octanol–water partition coefficient (Wildman–Crippen LogP) is 2.53. The van der Waals surface area contributed by atoms with Crippen molar-refractivity contribution in [3.05, 3.63) is 29.8 Å². The Morgan fingerprint density at radius 1 is 1.17 bits per heavy atom. The van der Waals surface area contributed by atoms with Crippen molar-refractivity contribution in [3.63, 3.8) is 0 Å². The first-order chi connectivity index (χ1) is 10.8. The largest absolute Gasteiger partial charge is 0.416 e. The molecule has 5 nitrogen and oxygen atoms in total. The highest BCUT2D eigenvalue weighted by molar-refractivity contribution is 5.92. The van der Waals surface area contributed by atoms with Gasteiger partial charge in [-0.05, 0) is 32.0 Å². The number of halogens is 3. The molecule has 2 amide bonds. The van der Waals surface area contributed by atoms with Crippen LogP contribution in [-0.2, 0) is 20.5 Å². The zero-order valence-electron chi connectivity index (χ0n) is 12.9. The van der Waals surface area contributed by atoms with E-state index in [0.717, 1.165) is 12.1 Å². The van der Waals surface area contributed by atoms with Gasteiger partial charge in [-0.3, -0.25) is 9.59 Å². The van der Waals surface area contributed by atoms with E-state index < -0.39 is 24.3 Å². The minimum atomic E-state index is -4.48. The summed E-state index contributed by atoms with van der Waals surface area (Å²) < 4.78 is 42.7. The van der Waals surface area contributed by atoms with Gasteiger partial charge in [-0.1, -0.05) is 6.07 Å². The molecule has 0 bridgehead atoms. The number of ether oxygens (including phenoxy) is 1. The molecule has 23 heavy (non-hydrogen) atoms. The van der Waals surface area contributed by atoms with Crippen LogP contribution in [0, 0.1) is 0 Å². The monoisotopic (exact) mass is 332 g/mol. The lowest BCUT2D eigenvalue weighted by atomic mass is 10.2. The van der Waals surface area contributed by atoms with Crippen LogP contribution >= 0.6 is 0 Å². The van der Waals surface area contributed by atoms with Gasteiger partial charge in [-0.2, -0.15) is 13.2 Å². The number of nitrogens with one attached hydrogen (secondary N) is 1. The fourth-order valence-corrected chi connectivity index (χ4v) is 1.87. The summed E-state index contributed by atoms with van der Waals surface area (Å²) in [6.45, 7) is 4.05. The SMILES string of the molecule is CCN(CC)C(=O)COCC(=O)Nc1cccc(C(F)(F)F)c1. The van der Waals surface area contributed by atoms with Gasteiger partial charge in [-0.15, -0.1) is 0 Å². The van der Waals surface area contributed by atoms with Crippen molar-refractivity contribution >= 4 is 17.5 Å². The third-order valence-corrected chi connectivity index (χ3v) is 3.05. The van der Waals surface area contributed by atoms with Crippen LogP contribution in [0.4, 0.5) is 18.9 Å². The number of likely N-dealkylation sites (N-methyl/N-ethyl adjacent to an activating group) is 1. The zero-order valence-corrected chi connectivity index (χ0v) is 12.9. The molecule has 0 saturated heterocycles. The highest BCUT2D eigenvalue weighted by Crippen LogP contribution is 2.30. The lowest BCUT2D eigenvalue weighted by molar-refractivity contribution is -0.138. The van der Waals surface area contributed by atoms with Crippen molar-refractivity contribution in [3.8, 4) is 0 Å². The van der Waals surface area contributed by atoms with Crippen molar-refractivity contribution in [2.45, 2.75) is 20.0 Å². The number of alkyl halides is 3. The Morgan fingerprint density at radius 3 is 2.39 bits per heavy atom. The molecule has 1 aromatic rings. The van der Waals surface area contributed by atoms with Crippen LogP contribution in [0.1, 0.15) is 19.4 Å². The van der Waals surface area contributed by atoms with Gasteiger partial charge < -0.3 is 15.0 Å². The van der Waals surface area contributed by atoms with E-state index in [2.05, 4.69) is 5.32 Å². The maximum Gasteiger partial charge on any atom is 0.416 e. The van der Waals surface area contributed by atoms with Crippen LogP contribution in [0.15, 0.2) is 24.3 Å². The average Bonchev–Trinajstić information content (AvgIpc) is 2.48. The molecule has 1 aromatic carbocycles. The van der Waals surface area contributed by atoms with Gasteiger partial charge >= 0.3 is 6.18 Å². The van der Waals surface area contributed by atoms with Crippen molar-refractivity contribution < 1.29 is 27.5 Å². The molecule has 8 heteroatoms. The summed E-state index contributed by atoms with van der Waals surface area (Å²) in [7, 11) is 0. The third-order valence-electron chi connectivity index (χ3n) is 3.05. The number of rotatable bonds is 7. The Bertz CT molecular complexity index is 543. The molecule has 0 radical (unpaired) electrons. The smallest absolute Gasteiger partial charge is 0.362 e. The molecule has 0 saturated carbocycles. The first kappa shape index (κ1) is 19.0. The molecule has 0 spiro atoms. The third kappa shape index (κ3) is 6.27. The summed E-state index contributed by atoms with van der Waals surface area (Å²) in [6.07, 6.45) is -4.48.